The summed E-state index contributed by atoms with van der Waals surface area (Å²) in [7, 11) is 3.96. The van der Waals surface area contributed by atoms with E-state index < -0.39 is 0 Å². The Morgan fingerprint density at radius 2 is 1.77 bits per heavy atom. The van der Waals surface area contributed by atoms with E-state index in [0.717, 1.165) is 42.6 Å². The topological polar surface area (TPSA) is 68.8 Å². The third-order valence-corrected chi connectivity index (χ3v) is 4.63. The molecule has 30 heavy (non-hydrogen) atoms. The maximum absolute atomic E-state index is 12.3. The normalized spacial score (nSPS) is 11.4. The zero-order valence-corrected chi connectivity index (χ0v) is 18.8. The lowest BCUT2D eigenvalue weighted by Crippen LogP contribution is -2.38. The van der Waals surface area contributed by atoms with Gasteiger partial charge in [0.05, 0.1) is 6.54 Å². The van der Waals surface area contributed by atoms with Gasteiger partial charge < -0.3 is 20.9 Å². The van der Waals surface area contributed by atoms with Crippen LogP contribution in [0.5, 0.6) is 0 Å². The van der Waals surface area contributed by atoms with E-state index in [1.54, 1.807) is 0 Å². The summed E-state index contributed by atoms with van der Waals surface area (Å²) < 4.78 is 0. The summed E-state index contributed by atoms with van der Waals surface area (Å²) >= 11 is 6.04. The molecule has 2 rings (SSSR count). The summed E-state index contributed by atoms with van der Waals surface area (Å²) in [6.45, 7) is 5.48. The Bertz CT molecular complexity index is 838. The third kappa shape index (κ3) is 8.84. The fraction of sp³-hybridized carbons (Fsp3) is 0.391. The van der Waals surface area contributed by atoms with E-state index in [1.807, 2.05) is 68.4 Å². The molecule has 0 aliphatic heterocycles. The SMILES string of the molecule is CCNC(=NCc1cccc(C(=O)NCCN(C)C)c1)NCCc1cccc(Cl)c1. The first-order chi connectivity index (χ1) is 14.5. The van der Waals surface area contributed by atoms with Crippen LogP contribution in [0.3, 0.4) is 0 Å². The molecule has 0 radical (unpaired) electrons. The minimum Gasteiger partial charge on any atom is -0.357 e. The lowest BCUT2D eigenvalue weighted by atomic mass is 10.1. The van der Waals surface area contributed by atoms with Crippen LogP contribution in [-0.2, 0) is 13.0 Å². The minimum absolute atomic E-state index is 0.0609. The van der Waals surface area contributed by atoms with Crippen molar-refractivity contribution < 1.29 is 4.79 Å². The fourth-order valence-corrected chi connectivity index (χ4v) is 3.05. The largest absolute Gasteiger partial charge is 0.357 e. The van der Waals surface area contributed by atoms with Gasteiger partial charge in [-0.25, -0.2) is 4.99 Å². The second kappa shape index (κ2) is 12.9. The van der Waals surface area contributed by atoms with Crippen LogP contribution in [0.25, 0.3) is 0 Å². The van der Waals surface area contributed by atoms with Gasteiger partial charge in [0.2, 0.25) is 0 Å². The Labute approximate surface area is 184 Å². The van der Waals surface area contributed by atoms with Crippen molar-refractivity contribution in [1.82, 2.24) is 20.9 Å². The van der Waals surface area contributed by atoms with Crippen LogP contribution in [0.15, 0.2) is 53.5 Å². The smallest absolute Gasteiger partial charge is 0.251 e. The molecule has 0 bridgehead atoms. The van der Waals surface area contributed by atoms with E-state index >= 15 is 0 Å². The Morgan fingerprint density at radius 3 is 2.50 bits per heavy atom. The van der Waals surface area contributed by atoms with Crippen LogP contribution < -0.4 is 16.0 Å². The highest BCUT2D eigenvalue weighted by atomic mass is 35.5. The minimum atomic E-state index is -0.0609. The lowest BCUT2D eigenvalue weighted by molar-refractivity contribution is 0.0951. The van der Waals surface area contributed by atoms with Crippen molar-refractivity contribution in [2.24, 2.45) is 4.99 Å². The van der Waals surface area contributed by atoms with Crippen molar-refractivity contribution in [2.45, 2.75) is 19.9 Å². The van der Waals surface area contributed by atoms with E-state index in [9.17, 15) is 4.79 Å². The summed E-state index contributed by atoms with van der Waals surface area (Å²) in [5, 5.41) is 10.3. The maximum Gasteiger partial charge on any atom is 0.251 e. The Hall–Kier alpha value is -2.57. The molecule has 2 aromatic rings. The van der Waals surface area contributed by atoms with Crippen molar-refractivity contribution in [3.8, 4) is 0 Å². The number of carbonyl (C=O) groups excluding carboxylic acids is 1. The molecule has 0 aliphatic carbocycles. The Balaban J connectivity index is 1.91. The first-order valence-corrected chi connectivity index (χ1v) is 10.6. The van der Waals surface area contributed by atoms with Crippen molar-refractivity contribution in [2.75, 3.05) is 40.3 Å². The fourth-order valence-electron chi connectivity index (χ4n) is 2.84. The number of likely N-dealkylation sites (N-methyl/N-ethyl adjacent to an activating group) is 1. The number of carbonyl (C=O) groups is 1. The number of hydrogen-bond donors (Lipinski definition) is 3. The number of amides is 1. The number of nitrogens with zero attached hydrogens (tertiary/aromatic N) is 2. The van der Waals surface area contributed by atoms with E-state index in [2.05, 4.69) is 27.0 Å². The summed E-state index contributed by atoms with van der Waals surface area (Å²) in [6, 6.07) is 15.5. The monoisotopic (exact) mass is 429 g/mol. The van der Waals surface area contributed by atoms with E-state index in [0.29, 0.717) is 18.7 Å². The van der Waals surface area contributed by atoms with E-state index in [1.165, 1.54) is 5.56 Å². The van der Waals surface area contributed by atoms with Crippen LogP contribution in [0, 0.1) is 0 Å². The molecule has 0 aliphatic rings. The van der Waals surface area contributed by atoms with Gasteiger partial charge in [0.15, 0.2) is 5.96 Å². The van der Waals surface area contributed by atoms with Gasteiger partial charge >= 0.3 is 0 Å². The number of hydrogen-bond acceptors (Lipinski definition) is 3. The number of nitrogens with one attached hydrogen (secondary N) is 3. The van der Waals surface area contributed by atoms with Crippen molar-refractivity contribution in [1.29, 1.82) is 0 Å². The number of halogens is 1. The molecule has 1 amide bonds. The van der Waals surface area contributed by atoms with Gasteiger partial charge in [0.25, 0.3) is 5.91 Å². The average Bonchev–Trinajstić information content (AvgIpc) is 2.72. The highest BCUT2D eigenvalue weighted by Crippen LogP contribution is 2.10. The van der Waals surface area contributed by atoms with E-state index in [4.69, 9.17) is 11.6 Å². The summed E-state index contributed by atoms with van der Waals surface area (Å²) in [5.74, 6) is 0.689. The molecule has 0 saturated heterocycles. The predicted molar refractivity (Wildman–Crippen MR) is 125 cm³/mol. The Morgan fingerprint density at radius 1 is 1.00 bits per heavy atom. The summed E-state index contributed by atoms with van der Waals surface area (Å²) in [4.78, 5) is 19.0. The summed E-state index contributed by atoms with van der Waals surface area (Å²) in [5.41, 5.74) is 2.82. The number of benzene rings is 2. The van der Waals surface area contributed by atoms with Crippen molar-refractivity contribution >= 4 is 23.5 Å². The molecule has 2 aromatic carbocycles. The van der Waals surface area contributed by atoms with Crippen LogP contribution in [0.1, 0.15) is 28.4 Å². The molecule has 0 atom stereocenters. The molecule has 0 heterocycles. The summed E-state index contributed by atoms with van der Waals surface area (Å²) in [6.07, 6.45) is 0.855. The first-order valence-electron chi connectivity index (χ1n) is 10.3. The highest BCUT2D eigenvalue weighted by Gasteiger charge is 2.06. The molecule has 7 heteroatoms. The quantitative estimate of drug-likeness (QED) is 0.401. The van der Waals surface area contributed by atoms with Gasteiger partial charge in [-0.15, -0.1) is 0 Å². The molecule has 3 N–H and O–H groups in total. The van der Waals surface area contributed by atoms with Crippen LogP contribution in [0.4, 0.5) is 0 Å². The zero-order chi connectivity index (χ0) is 21.8. The molecular formula is C23H32ClN5O. The Kier molecular flexibility index (Phi) is 10.2. The van der Waals surface area contributed by atoms with E-state index in [-0.39, 0.29) is 5.91 Å². The number of guanidine groups is 1. The van der Waals surface area contributed by atoms with Crippen molar-refractivity contribution in [3.05, 3.63) is 70.2 Å². The van der Waals surface area contributed by atoms with Crippen molar-refractivity contribution in [3.63, 3.8) is 0 Å². The molecule has 0 fully saturated rings. The molecule has 0 aromatic heterocycles. The second-order valence-corrected chi connectivity index (χ2v) is 7.70. The predicted octanol–water partition coefficient (Wildman–Crippen LogP) is 2.93. The molecule has 6 nitrogen and oxygen atoms in total. The van der Waals surface area contributed by atoms with Gasteiger partial charge in [-0.2, -0.15) is 0 Å². The molecule has 0 unspecified atom stereocenters. The standard InChI is InChI=1S/C23H32ClN5O/c1-4-25-23(27-12-11-18-7-6-10-21(24)16-18)28-17-19-8-5-9-20(15-19)22(30)26-13-14-29(2)3/h5-10,15-16H,4,11-14,17H2,1-3H3,(H,26,30)(H2,25,27,28). The van der Waals surface area contributed by atoms with Crippen LogP contribution in [0.2, 0.25) is 5.02 Å². The molecule has 0 spiro atoms. The zero-order valence-electron chi connectivity index (χ0n) is 18.0. The third-order valence-electron chi connectivity index (χ3n) is 4.39. The molecular weight excluding hydrogens is 398 g/mol. The van der Waals surface area contributed by atoms with Crippen LogP contribution >= 0.6 is 11.6 Å². The van der Waals surface area contributed by atoms with Gasteiger partial charge in [-0.1, -0.05) is 35.9 Å². The van der Waals surface area contributed by atoms with Gasteiger partial charge in [-0.05, 0) is 62.8 Å². The first kappa shape index (κ1) is 23.7. The number of aliphatic imine (C=N–C) groups is 1. The average molecular weight is 430 g/mol. The van der Waals surface area contributed by atoms with Crippen LogP contribution in [-0.4, -0.2) is 57.0 Å². The molecule has 162 valence electrons. The lowest BCUT2D eigenvalue weighted by Gasteiger charge is -2.12. The van der Waals surface area contributed by atoms with Gasteiger partial charge in [0.1, 0.15) is 0 Å². The highest BCUT2D eigenvalue weighted by molar-refractivity contribution is 6.30. The maximum atomic E-state index is 12.3. The number of rotatable bonds is 10. The van der Waals surface area contributed by atoms with Gasteiger partial charge in [-0.3, -0.25) is 4.79 Å². The van der Waals surface area contributed by atoms with Gasteiger partial charge in [0, 0.05) is 36.8 Å². The molecule has 0 saturated carbocycles. The second-order valence-electron chi connectivity index (χ2n) is 7.26.